The molecule has 0 bridgehead atoms. The van der Waals surface area contributed by atoms with Crippen LogP contribution in [0.3, 0.4) is 0 Å². The summed E-state index contributed by atoms with van der Waals surface area (Å²) < 4.78 is 7.07. The zero-order valence-corrected chi connectivity index (χ0v) is 11.6. The molecule has 0 N–H and O–H groups in total. The van der Waals surface area contributed by atoms with Gasteiger partial charge in [-0.3, -0.25) is 0 Å². The van der Waals surface area contributed by atoms with Gasteiger partial charge in [0.15, 0.2) is 0 Å². The van der Waals surface area contributed by atoms with Crippen molar-refractivity contribution in [2.24, 2.45) is 0 Å². The van der Waals surface area contributed by atoms with Crippen molar-refractivity contribution in [2.75, 3.05) is 0 Å². The van der Waals surface area contributed by atoms with Gasteiger partial charge in [-0.2, -0.15) is 0 Å². The fraction of sp³-hybridized carbons (Fsp3) is 0.429. The van der Waals surface area contributed by atoms with Crippen molar-refractivity contribution in [1.82, 2.24) is 0 Å². The molecule has 0 aromatic heterocycles. The fourth-order valence-electron chi connectivity index (χ4n) is 1.89. The Morgan fingerprint density at radius 1 is 1.25 bits per heavy atom. The van der Waals surface area contributed by atoms with E-state index in [0.29, 0.717) is 0 Å². The summed E-state index contributed by atoms with van der Waals surface area (Å²) in [5.74, 6) is 0.966. The molecule has 86 valence electrons. The van der Waals surface area contributed by atoms with Crippen molar-refractivity contribution >= 4 is 20.4 Å². The number of fused-ring (bicyclic) bond motifs is 1. The number of ether oxygens (including phenoxy) is 1. The lowest BCUT2D eigenvalue weighted by atomic mass is 9.97. The van der Waals surface area contributed by atoms with E-state index in [9.17, 15) is 0 Å². The molecule has 0 heterocycles. The monoisotopic (exact) mass is 280 g/mol. The molecule has 1 aromatic carbocycles. The zero-order chi connectivity index (χ0) is 11.8. The highest BCUT2D eigenvalue weighted by Crippen LogP contribution is 2.33. The highest BCUT2D eigenvalue weighted by atomic mass is 79.9. The Morgan fingerprint density at radius 3 is 2.69 bits per heavy atom. The molecule has 1 aliphatic rings. The predicted octanol–water partition coefficient (Wildman–Crippen LogP) is 4.55. The molecule has 0 atom stereocenters. The van der Waals surface area contributed by atoms with Crippen molar-refractivity contribution in [3.8, 4) is 5.75 Å². The molecular formula is C14H17BrO. The molecule has 1 aromatic rings. The lowest BCUT2D eigenvalue weighted by Crippen LogP contribution is -2.23. The molecule has 1 aliphatic carbocycles. The van der Waals surface area contributed by atoms with Crippen molar-refractivity contribution in [3.05, 3.63) is 35.4 Å². The van der Waals surface area contributed by atoms with E-state index in [-0.39, 0.29) is 5.60 Å². The van der Waals surface area contributed by atoms with Gasteiger partial charge >= 0.3 is 0 Å². The topological polar surface area (TPSA) is 9.23 Å². The maximum Gasteiger partial charge on any atom is 0.120 e. The van der Waals surface area contributed by atoms with Crippen LogP contribution in [0.4, 0.5) is 0 Å². The van der Waals surface area contributed by atoms with Gasteiger partial charge in [0, 0.05) is 4.48 Å². The van der Waals surface area contributed by atoms with E-state index in [1.54, 1.807) is 0 Å². The van der Waals surface area contributed by atoms with Crippen molar-refractivity contribution in [2.45, 2.75) is 39.2 Å². The summed E-state index contributed by atoms with van der Waals surface area (Å²) in [5.41, 5.74) is 2.54. The lowest BCUT2D eigenvalue weighted by molar-refractivity contribution is 0.131. The fourth-order valence-corrected chi connectivity index (χ4v) is 2.51. The van der Waals surface area contributed by atoms with Gasteiger partial charge < -0.3 is 4.74 Å². The van der Waals surface area contributed by atoms with Crippen LogP contribution in [0, 0.1) is 0 Å². The molecule has 2 heteroatoms. The molecule has 0 unspecified atom stereocenters. The number of hydrogen-bond donors (Lipinski definition) is 0. The van der Waals surface area contributed by atoms with Gasteiger partial charge in [0.1, 0.15) is 11.4 Å². The second-order valence-corrected chi connectivity index (χ2v) is 5.98. The molecule has 0 aliphatic heterocycles. The van der Waals surface area contributed by atoms with E-state index >= 15 is 0 Å². The van der Waals surface area contributed by atoms with Crippen LogP contribution >= 0.6 is 15.9 Å². The Morgan fingerprint density at radius 2 is 2.00 bits per heavy atom. The summed E-state index contributed by atoms with van der Waals surface area (Å²) in [6.07, 6.45) is 4.44. The van der Waals surface area contributed by atoms with Crippen molar-refractivity contribution < 1.29 is 4.74 Å². The van der Waals surface area contributed by atoms with E-state index in [4.69, 9.17) is 4.74 Å². The average molecular weight is 281 g/mol. The van der Waals surface area contributed by atoms with Crippen LogP contribution in [0.2, 0.25) is 0 Å². The molecular weight excluding hydrogens is 264 g/mol. The van der Waals surface area contributed by atoms with E-state index in [0.717, 1.165) is 18.6 Å². The summed E-state index contributed by atoms with van der Waals surface area (Å²) in [6.45, 7) is 6.22. The van der Waals surface area contributed by atoms with Gasteiger partial charge in [-0.25, -0.2) is 0 Å². The number of allylic oxidation sites excluding steroid dienone is 1. The number of halogens is 1. The first kappa shape index (κ1) is 11.7. The van der Waals surface area contributed by atoms with Gasteiger partial charge in [0.25, 0.3) is 0 Å². The summed E-state index contributed by atoms with van der Waals surface area (Å²) in [5, 5.41) is 0. The minimum Gasteiger partial charge on any atom is -0.488 e. The third-order valence-electron chi connectivity index (χ3n) is 2.50. The quantitative estimate of drug-likeness (QED) is 0.734. The number of hydrogen-bond acceptors (Lipinski definition) is 1. The van der Waals surface area contributed by atoms with Crippen LogP contribution in [0.5, 0.6) is 5.75 Å². The third kappa shape index (κ3) is 2.67. The molecule has 16 heavy (non-hydrogen) atoms. The smallest absolute Gasteiger partial charge is 0.120 e. The van der Waals surface area contributed by atoms with Gasteiger partial charge in [0.2, 0.25) is 0 Å². The second-order valence-electron chi connectivity index (χ2n) is 5.12. The molecule has 1 nitrogen and oxygen atoms in total. The molecule has 0 radical (unpaired) electrons. The Hall–Kier alpha value is -0.760. The highest BCUT2D eigenvalue weighted by molar-refractivity contribution is 9.15. The van der Waals surface area contributed by atoms with Gasteiger partial charge in [0.05, 0.1) is 0 Å². The van der Waals surface area contributed by atoms with Crippen LogP contribution in [0.15, 0.2) is 24.3 Å². The van der Waals surface area contributed by atoms with Crippen LogP contribution in [0.25, 0.3) is 4.48 Å². The van der Waals surface area contributed by atoms with E-state index in [1.807, 2.05) is 6.07 Å². The average Bonchev–Trinajstić information content (AvgIpc) is 2.15. The number of rotatable bonds is 1. The predicted molar refractivity (Wildman–Crippen MR) is 72.0 cm³/mol. The van der Waals surface area contributed by atoms with Gasteiger partial charge in [-0.1, -0.05) is 22.0 Å². The molecule has 0 saturated carbocycles. The normalized spacial score (nSPS) is 15.4. The molecule has 2 rings (SSSR count). The first-order chi connectivity index (χ1) is 7.46. The van der Waals surface area contributed by atoms with E-state index < -0.39 is 0 Å². The van der Waals surface area contributed by atoms with Gasteiger partial charge in [-0.15, -0.1) is 0 Å². The summed E-state index contributed by atoms with van der Waals surface area (Å²) in [6, 6.07) is 6.34. The summed E-state index contributed by atoms with van der Waals surface area (Å²) >= 11 is 3.59. The zero-order valence-electron chi connectivity index (χ0n) is 10.0. The third-order valence-corrected chi connectivity index (χ3v) is 3.25. The molecule has 0 fully saturated rings. The van der Waals surface area contributed by atoms with Crippen LogP contribution in [0.1, 0.15) is 38.3 Å². The Balaban J connectivity index is 2.30. The van der Waals surface area contributed by atoms with Gasteiger partial charge in [-0.05, 0) is 62.9 Å². The highest BCUT2D eigenvalue weighted by Gasteiger charge is 2.15. The first-order valence-corrected chi connectivity index (χ1v) is 6.43. The molecule has 0 saturated heterocycles. The maximum atomic E-state index is 5.87. The first-order valence-electron chi connectivity index (χ1n) is 5.64. The lowest BCUT2D eigenvalue weighted by Gasteiger charge is -2.23. The number of benzene rings is 1. The Kier molecular flexibility index (Phi) is 3.11. The second kappa shape index (κ2) is 4.25. The largest absolute Gasteiger partial charge is 0.488 e. The van der Waals surface area contributed by atoms with Crippen molar-refractivity contribution in [1.29, 1.82) is 0 Å². The minimum atomic E-state index is -0.129. The van der Waals surface area contributed by atoms with Crippen LogP contribution in [-0.4, -0.2) is 5.60 Å². The standard InChI is InChI=1S/C14H17BrO/c1-14(2,3)16-11-7-8-12-10(9-11)5-4-6-13(12)15/h6-9H,4-5H2,1-3H3. The van der Waals surface area contributed by atoms with Crippen molar-refractivity contribution in [3.63, 3.8) is 0 Å². The summed E-state index contributed by atoms with van der Waals surface area (Å²) in [7, 11) is 0. The maximum absolute atomic E-state index is 5.87. The number of aryl methyl sites for hydroxylation is 1. The minimum absolute atomic E-state index is 0.129. The van der Waals surface area contributed by atoms with E-state index in [2.05, 4.69) is 54.9 Å². The van der Waals surface area contributed by atoms with Crippen LogP contribution < -0.4 is 4.74 Å². The molecule has 0 amide bonds. The Labute approximate surface area is 106 Å². The van der Waals surface area contributed by atoms with Crippen LogP contribution in [-0.2, 0) is 6.42 Å². The summed E-state index contributed by atoms with van der Waals surface area (Å²) in [4.78, 5) is 0. The molecule has 0 spiro atoms. The SMILES string of the molecule is CC(C)(C)Oc1ccc2c(c1)CCC=C2Br. The Bertz CT molecular complexity index is 427. The van der Waals surface area contributed by atoms with E-state index in [1.165, 1.54) is 15.6 Å².